The molecule has 0 saturated carbocycles. The molecule has 130 valence electrons. The Bertz CT molecular complexity index is 220. The number of nitrogens with one attached hydrogen (secondary N) is 1. The molecule has 0 aliphatic carbocycles. The maximum Gasteiger partial charge on any atom is 0.393 e. The van der Waals surface area contributed by atoms with Gasteiger partial charge in [-0.25, -0.2) is 0 Å². The van der Waals surface area contributed by atoms with Crippen molar-refractivity contribution in [1.82, 2.24) is 10.2 Å². The molecule has 0 bridgehead atoms. The lowest BCUT2D eigenvalue weighted by Gasteiger charge is -2.24. The lowest BCUT2D eigenvalue weighted by Crippen LogP contribution is -2.38. The van der Waals surface area contributed by atoms with E-state index in [-0.39, 0.29) is 12.5 Å². The van der Waals surface area contributed by atoms with Gasteiger partial charge in [0.05, 0.1) is 5.92 Å². The summed E-state index contributed by atoms with van der Waals surface area (Å²) >= 11 is 0. The summed E-state index contributed by atoms with van der Waals surface area (Å²) in [6.45, 7) is 12.3. The Balaban J connectivity index is 0. The maximum absolute atomic E-state index is 12.7. The number of rotatable bonds is 6. The second-order valence-corrected chi connectivity index (χ2v) is 4.94. The summed E-state index contributed by atoms with van der Waals surface area (Å²) in [6, 6.07) is -0.390. The van der Waals surface area contributed by atoms with Crippen molar-refractivity contribution in [3.05, 3.63) is 0 Å². The van der Waals surface area contributed by atoms with Crippen LogP contribution >= 0.6 is 0 Å². The third-order valence-corrected chi connectivity index (χ3v) is 3.48. The standard InChI is InChI=1S/C12H23F3N2.2C2H6/c1-3-4-8-17(2)9-6-11-10(5-7-16-11)12(13,14)15;2*1-2/h10-11,16H,3-9H2,1-2H3;2*1-2H3. The van der Waals surface area contributed by atoms with Gasteiger partial charge in [-0.3, -0.25) is 0 Å². The fourth-order valence-corrected chi connectivity index (χ4v) is 2.36. The Morgan fingerprint density at radius 3 is 2.14 bits per heavy atom. The molecule has 2 atom stereocenters. The lowest BCUT2D eigenvalue weighted by atomic mass is 9.97. The Hall–Kier alpha value is -0.290. The first kappa shape index (κ1) is 23.0. The van der Waals surface area contributed by atoms with Crippen molar-refractivity contribution in [2.24, 2.45) is 5.92 Å². The molecule has 2 nitrogen and oxygen atoms in total. The highest BCUT2D eigenvalue weighted by Gasteiger charge is 2.46. The minimum Gasteiger partial charge on any atom is -0.313 e. The van der Waals surface area contributed by atoms with E-state index in [9.17, 15) is 13.2 Å². The summed E-state index contributed by atoms with van der Waals surface area (Å²) in [7, 11) is 1.98. The molecule has 0 aromatic heterocycles. The number of alkyl halides is 3. The van der Waals surface area contributed by atoms with Crippen LogP contribution in [0.1, 0.15) is 60.3 Å². The fraction of sp³-hybridized carbons (Fsp3) is 1.00. The number of hydrogen-bond donors (Lipinski definition) is 1. The van der Waals surface area contributed by atoms with Gasteiger partial charge in [0.1, 0.15) is 0 Å². The zero-order valence-corrected chi connectivity index (χ0v) is 14.7. The Kier molecular flexibility index (Phi) is 14.6. The molecule has 0 spiro atoms. The molecule has 21 heavy (non-hydrogen) atoms. The van der Waals surface area contributed by atoms with E-state index in [0.29, 0.717) is 13.0 Å². The molecular weight excluding hydrogens is 277 g/mol. The molecular formula is C16H35F3N2. The molecule has 2 unspecified atom stereocenters. The molecule has 1 heterocycles. The normalized spacial score (nSPS) is 21.4. The minimum atomic E-state index is -4.05. The van der Waals surface area contributed by atoms with E-state index in [1.54, 1.807) is 0 Å². The molecule has 0 amide bonds. The second kappa shape index (κ2) is 13.4. The van der Waals surface area contributed by atoms with Crippen LogP contribution in [0.15, 0.2) is 0 Å². The van der Waals surface area contributed by atoms with Crippen LogP contribution < -0.4 is 5.32 Å². The highest BCUT2D eigenvalue weighted by atomic mass is 19.4. The topological polar surface area (TPSA) is 15.3 Å². The first-order chi connectivity index (χ1) is 9.95. The zero-order valence-electron chi connectivity index (χ0n) is 14.7. The first-order valence-corrected chi connectivity index (χ1v) is 8.43. The molecule has 1 fully saturated rings. The van der Waals surface area contributed by atoms with Gasteiger partial charge in [0, 0.05) is 6.04 Å². The molecule has 1 rings (SSSR count). The predicted octanol–water partition coefficient (Wildman–Crippen LogP) is 4.70. The third kappa shape index (κ3) is 10.1. The van der Waals surface area contributed by atoms with Crippen molar-refractivity contribution < 1.29 is 13.2 Å². The van der Waals surface area contributed by atoms with Gasteiger partial charge in [-0.1, -0.05) is 41.0 Å². The van der Waals surface area contributed by atoms with E-state index in [4.69, 9.17) is 0 Å². The zero-order chi connectivity index (χ0) is 16.9. The maximum atomic E-state index is 12.7. The molecule has 0 aromatic rings. The second-order valence-electron chi connectivity index (χ2n) is 4.94. The highest BCUT2D eigenvalue weighted by molar-refractivity contribution is 4.88. The summed E-state index contributed by atoms with van der Waals surface area (Å²) in [5, 5.41) is 2.98. The van der Waals surface area contributed by atoms with Crippen LogP contribution in [-0.2, 0) is 0 Å². The van der Waals surface area contributed by atoms with E-state index in [1.807, 2.05) is 34.7 Å². The lowest BCUT2D eigenvalue weighted by molar-refractivity contribution is -0.176. The first-order valence-electron chi connectivity index (χ1n) is 8.43. The van der Waals surface area contributed by atoms with Crippen molar-refractivity contribution in [2.45, 2.75) is 72.5 Å². The third-order valence-electron chi connectivity index (χ3n) is 3.48. The number of nitrogens with zero attached hydrogens (tertiary/aromatic N) is 1. The van der Waals surface area contributed by atoms with Crippen molar-refractivity contribution in [2.75, 3.05) is 26.7 Å². The Morgan fingerprint density at radius 1 is 1.10 bits per heavy atom. The van der Waals surface area contributed by atoms with Crippen LogP contribution in [0.25, 0.3) is 0 Å². The SMILES string of the molecule is CC.CC.CCCCN(C)CCC1NCCC1C(F)(F)F. The molecule has 1 saturated heterocycles. The van der Waals surface area contributed by atoms with Crippen molar-refractivity contribution in [3.8, 4) is 0 Å². The van der Waals surface area contributed by atoms with Gasteiger partial charge in [-0.15, -0.1) is 0 Å². The summed E-state index contributed by atoms with van der Waals surface area (Å²) in [5.74, 6) is -1.15. The van der Waals surface area contributed by atoms with Crippen LogP contribution in [0.5, 0.6) is 0 Å². The smallest absolute Gasteiger partial charge is 0.313 e. The quantitative estimate of drug-likeness (QED) is 0.764. The van der Waals surface area contributed by atoms with Crippen LogP contribution in [-0.4, -0.2) is 43.8 Å². The predicted molar refractivity (Wildman–Crippen MR) is 85.7 cm³/mol. The van der Waals surface area contributed by atoms with Gasteiger partial charge in [-0.2, -0.15) is 13.2 Å². The van der Waals surface area contributed by atoms with Gasteiger partial charge < -0.3 is 10.2 Å². The summed E-state index contributed by atoms with van der Waals surface area (Å²) in [5.41, 5.74) is 0. The molecule has 0 radical (unpaired) electrons. The average Bonchev–Trinajstić information content (AvgIpc) is 2.96. The monoisotopic (exact) mass is 312 g/mol. The number of hydrogen-bond acceptors (Lipinski definition) is 2. The van der Waals surface area contributed by atoms with Gasteiger partial charge in [-0.05, 0) is 45.9 Å². The van der Waals surface area contributed by atoms with Crippen molar-refractivity contribution in [3.63, 3.8) is 0 Å². The minimum absolute atomic E-state index is 0.229. The summed E-state index contributed by atoms with van der Waals surface area (Å²) in [4.78, 5) is 2.12. The molecule has 5 heteroatoms. The summed E-state index contributed by atoms with van der Waals surface area (Å²) in [6.07, 6.45) is -0.998. The largest absolute Gasteiger partial charge is 0.393 e. The average molecular weight is 312 g/mol. The van der Waals surface area contributed by atoms with Crippen LogP contribution in [0.3, 0.4) is 0 Å². The van der Waals surface area contributed by atoms with Gasteiger partial charge >= 0.3 is 6.18 Å². The van der Waals surface area contributed by atoms with E-state index < -0.39 is 12.1 Å². The van der Waals surface area contributed by atoms with E-state index in [0.717, 1.165) is 25.9 Å². The summed E-state index contributed by atoms with van der Waals surface area (Å²) < 4.78 is 38.1. The van der Waals surface area contributed by atoms with Gasteiger partial charge in [0.25, 0.3) is 0 Å². The highest BCUT2D eigenvalue weighted by Crippen LogP contribution is 2.35. The van der Waals surface area contributed by atoms with Crippen LogP contribution in [0.4, 0.5) is 13.2 Å². The van der Waals surface area contributed by atoms with Crippen molar-refractivity contribution in [1.29, 1.82) is 0 Å². The molecule has 1 aliphatic rings. The molecule has 1 aliphatic heterocycles. The Labute approximate surface area is 129 Å². The fourth-order valence-electron chi connectivity index (χ4n) is 2.36. The van der Waals surface area contributed by atoms with Gasteiger partial charge in [0.2, 0.25) is 0 Å². The van der Waals surface area contributed by atoms with Crippen LogP contribution in [0.2, 0.25) is 0 Å². The van der Waals surface area contributed by atoms with Gasteiger partial charge in [0.15, 0.2) is 0 Å². The van der Waals surface area contributed by atoms with Crippen LogP contribution in [0, 0.1) is 5.92 Å². The Morgan fingerprint density at radius 2 is 1.67 bits per heavy atom. The van der Waals surface area contributed by atoms with Crippen molar-refractivity contribution >= 4 is 0 Å². The van der Waals surface area contributed by atoms with E-state index in [2.05, 4.69) is 17.1 Å². The van der Waals surface area contributed by atoms with E-state index >= 15 is 0 Å². The number of halogens is 3. The molecule has 1 N–H and O–H groups in total. The molecule has 0 aromatic carbocycles. The number of unbranched alkanes of at least 4 members (excludes halogenated alkanes) is 1. The van der Waals surface area contributed by atoms with E-state index in [1.165, 1.54) is 0 Å².